The van der Waals surface area contributed by atoms with Crippen LogP contribution >= 0.6 is 0 Å². The number of carbonyl (C=O) groups is 1. The number of carbonyl (C=O) groups excluding carboxylic acids is 1. The second kappa shape index (κ2) is 42.6. The van der Waals surface area contributed by atoms with Gasteiger partial charge in [-0.3, -0.25) is 4.79 Å². The lowest BCUT2D eigenvalue weighted by atomic mass is 9.94. The Morgan fingerprint density at radius 1 is 0.312 bits per heavy atom. The van der Waals surface area contributed by atoms with Gasteiger partial charge in [-0.2, -0.15) is 0 Å². The van der Waals surface area contributed by atoms with E-state index in [1.54, 1.807) is 0 Å². The van der Waals surface area contributed by atoms with Gasteiger partial charge >= 0.3 is 5.97 Å². The largest absolute Gasteiger partial charge is 0.465 e. The van der Waals surface area contributed by atoms with Crippen LogP contribution in [0, 0.1) is 5.92 Å². The van der Waals surface area contributed by atoms with Gasteiger partial charge in [0.1, 0.15) is 0 Å². The van der Waals surface area contributed by atoms with E-state index < -0.39 is 0 Å². The molecule has 0 aliphatic rings. The molecule has 0 rings (SSSR count). The maximum absolute atomic E-state index is 13.1. The van der Waals surface area contributed by atoms with Gasteiger partial charge in [0, 0.05) is 0 Å². The molecule has 0 fully saturated rings. The van der Waals surface area contributed by atoms with Gasteiger partial charge in [0.2, 0.25) is 0 Å². The first-order valence-corrected chi connectivity index (χ1v) is 22.9. The molecule has 0 aromatic heterocycles. The monoisotopic (exact) mass is 677 g/mol. The Balaban J connectivity index is 4.02. The summed E-state index contributed by atoms with van der Waals surface area (Å²) in [6, 6.07) is 0. The van der Waals surface area contributed by atoms with Gasteiger partial charge in [0.05, 0.1) is 12.5 Å². The van der Waals surface area contributed by atoms with Crippen LogP contribution in [0.4, 0.5) is 0 Å². The molecular weight excluding hydrogens is 585 g/mol. The second-order valence-electron chi connectivity index (χ2n) is 15.8. The molecule has 48 heavy (non-hydrogen) atoms. The standard InChI is InChI=1S/C46H92O2/c1-4-7-10-13-16-19-22-24-25-26-27-28-31-34-37-40-43-45(42-39-36-33-30-21-18-15-12-9-6-3)46(47)48-44-41-38-35-32-29-23-20-17-14-11-8-5-2/h45H,4-44H2,1-3H3. The molecule has 1 unspecified atom stereocenters. The van der Waals surface area contributed by atoms with E-state index in [9.17, 15) is 4.79 Å². The molecule has 0 amide bonds. The Morgan fingerprint density at radius 3 is 0.771 bits per heavy atom. The summed E-state index contributed by atoms with van der Waals surface area (Å²) >= 11 is 0. The molecule has 1 atom stereocenters. The summed E-state index contributed by atoms with van der Waals surface area (Å²) in [5.74, 6) is 0.262. The van der Waals surface area contributed by atoms with Crippen LogP contribution in [0.1, 0.15) is 278 Å². The number of hydrogen-bond donors (Lipinski definition) is 0. The third kappa shape index (κ3) is 38.3. The Morgan fingerprint density at radius 2 is 0.521 bits per heavy atom. The Bertz CT molecular complexity index is 587. The first kappa shape index (κ1) is 47.5. The summed E-state index contributed by atoms with van der Waals surface area (Å²) in [6.07, 6.45) is 54.2. The van der Waals surface area contributed by atoms with Gasteiger partial charge in [-0.25, -0.2) is 0 Å². The predicted octanol–water partition coefficient (Wildman–Crippen LogP) is 16.8. The Hall–Kier alpha value is -0.530. The molecule has 0 spiro atoms. The first-order valence-electron chi connectivity index (χ1n) is 22.9. The summed E-state index contributed by atoms with van der Waals surface area (Å²) in [6.45, 7) is 7.53. The minimum absolute atomic E-state index is 0.120. The lowest BCUT2D eigenvalue weighted by Crippen LogP contribution is -2.18. The van der Waals surface area contributed by atoms with Crippen LogP contribution in [0.5, 0.6) is 0 Å². The van der Waals surface area contributed by atoms with Crippen LogP contribution in [0.3, 0.4) is 0 Å². The van der Waals surface area contributed by atoms with Gasteiger partial charge in [-0.05, 0) is 19.3 Å². The van der Waals surface area contributed by atoms with Gasteiger partial charge in [0.25, 0.3) is 0 Å². The summed E-state index contributed by atoms with van der Waals surface area (Å²) in [5, 5.41) is 0. The minimum atomic E-state index is 0.120. The number of rotatable bonds is 42. The van der Waals surface area contributed by atoms with Gasteiger partial charge in [0.15, 0.2) is 0 Å². The molecule has 0 saturated heterocycles. The van der Waals surface area contributed by atoms with Crippen LogP contribution in [-0.2, 0) is 9.53 Å². The molecule has 0 N–H and O–H groups in total. The molecule has 0 aliphatic heterocycles. The van der Waals surface area contributed by atoms with Crippen LogP contribution in [-0.4, -0.2) is 12.6 Å². The number of unbranched alkanes of at least 4 members (excludes halogenated alkanes) is 35. The Labute approximate surface area is 304 Å². The van der Waals surface area contributed by atoms with E-state index in [0.717, 1.165) is 19.3 Å². The maximum Gasteiger partial charge on any atom is 0.308 e. The van der Waals surface area contributed by atoms with Crippen LogP contribution in [0.25, 0.3) is 0 Å². The SMILES string of the molecule is CCCCCCCCCCCCCCCCCCC(CCCCCCCCCCCC)C(=O)OCCCCCCCCCCCCCC. The van der Waals surface area contributed by atoms with Crippen LogP contribution in [0.2, 0.25) is 0 Å². The number of ether oxygens (including phenoxy) is 1. The minimum Gasteiger partial charge on any atom is -0.465 e. The van der Waals surface area contributed by atoms with E-state index in [-0.39, 0.29) is 11.9 Å². The van der Waals surface area contributed by atoms with E-state index in [0.29, 0.717) is 6.61 Å². The van der Waals surface area contributed by atoms with Crippen molar-refractivity contribution in [2.75, 3.05) is 6.61 Å². The summed E-state index contributed by atoms with van der Waals surface area (Å²) < 4.78 is 5.88. The molecule has 0 bridgehead atoms. The van der Waals surface area contributed by atoms with Gasteiger partial charge in [-0.15, -0.1) is 0 Å². The fourth-order valence-corrected chi connectivity index (χ4v) is 7.43. The quantitative estimate of drug-likeness (QED) is 0.0475. The van der Waals surface area contributed by atoms with Crippen LogP contribution in [0.15, 0.2) is 0 Å². The Kier molecular flexibility index (Phi) is 42.2. The highest BCUT2D eigenvalue weighted by molar-refractivity contribution is 5.72. The van der Waals surface area contributed by atoms with Gasteiger partial charge in [-0.1, -0.05) is 258 Å². The van der Waals surface area contributed by atoms with Crippen molar-refractivity contribution >= 4 is 5.97 Å². The summed E-state index contributed by atoms with van der Waals surface area (Å²) in [5.41, 5.74) is 0. The summed E-state index contributed by atoms with van der Waals surface area (Å²) in [7, 11) is 0. The smallest absolute Gasteiger partial charge is 0.308 e. The summed E-state index contributed by atoms with van der Waals surface area (Å²) in [4.78, 5) is 13.1. The molecule has 2 nitrogen and oxygen atoms in total. The lowest BCUT2D eigenvalue weighted by molar-refractivity contribution is -0.149. The molecule has 0 aromatic carbocycles. The van der Waals surface area contributed by atoms with E-state index in [2.05, 4.69) is 20.8 Å². The van der Waals surface area contributed by atoms with Crippen molar-refractivity contribution in [3.63, 3.8) is 0 Å². The molecule has 0 radical (unpaired) electrons. The molecule has 288 valence electrons. The lowest BCUT2D eigenvalue weighted by Gasteiger charge is -2.16. The van der Waals surface area contributed by atoms with Crippen molar-refractivity contribution in [3.8, 4) is 0 Å². The highest BCUT2D eigenvalue weighted by Crippen LogP contribution is 2.22. The van der Waals surface area contributed by atoms with Crippen molar-refractivity contribution in [1.29, 1.82) is 0 Å². The zero-order chi connectivity index (χ0) is 34.9. The van der Waals surface area contributed by atoms with Crippen molar-refractivity contribution in [2.45, 2.75) is 278 Å². The maximum atomic E-state index is 13.1. The average Bonchev–Trinajstić information content (AvgIpc) is 3.09. The molecule has 0 aromatic rings. The molecular formula is C46H92O2. The average molecular weight is 677 g/mol. The highest BCUT2D eigenvalue weighted by atomic mass is 16.5. The zero-order valence-electron chi connectivity index (χ0n) is 33.9. The van der Waals surface area contributed by atoms with Crippen molar-refractivity contribution in [2.24, 2.45) is 5.92 Å². The highest BCUT2D eigenvalue weighted by Gasteiger charge is 2.19. The molecule has 0 heterocycles. The first-order chi connectivity index (χ1) is 23.8. The van der Waals surface area contributed by atoms with E-state index in [1.165, 1.54) is 238 Å². The van der Waals surface area contributed by atoms with E-state index in [4.69, 9.17) is 4.74 Å². The number of esters is 1. The zero-order valence-corrected chi connectivity index (χ0v) is 33.9. The molecule has 2 heteroatoms. The number of hydrogen-bond acceptors (Lipinski definition) is 2. The third-order valence-electron chi connectivity index (χ3n) is 10.9. The fourth-order valence-electron chi connectivity index (χ4n) is 7.43. The van der Waals surface area contributed by atoms with E-state index in [1.807, 2.05) is 0 Å². The second-order valence-corrected chi connectivity index (χ2v) is 15.8. The topological polar surface area (TPSA) is 26.3 Å². The van der Waals surface area contributed by atoms with Crippen LogP contribution < -0.4 is 0 Å². The van der Waals surface area contributed by atoms with E-state index >= 15 is 0 Å². The van der Waals surface area contributed by atoms with Gasteiger partial charge < -0.3 is 4.74 Å². The fraction of sp³-hybridized carbons (Fsp3) is 0.978. The molecule has 0 saturated carbocycles. The third-order valence-corrected chi connectivity index (χ3v) is 10.9. The van der Waals surface area contributed by atoms with Crippen molar-refractivity contribution in [3.05, 3.63) is 0 Å². The van der Waals surface area contributed by atoms with Crippen molar-refractivity contribution < 1.29 is 9.53 Å². The molecule has 0 aliphatic carbocycles. The van der Waals surface area contributed by atoms with Crippen molar-refractivity contribution in [1.82, 2.24) is 0 Å². The predicted molar refractivity (Wildman–Crippen MR) is 216 cm³/mol. The normalized spacial score (nSPS) is 12.1.